The van der Waals surface area contributed by atoms with Crippen molar-refractivity contribution in [1.29, 1.82) is 0 Å². The first kappa shape index (κ1) is 21.1. The van der Waals surface area contributed by atoms with Crippen molar-refractivity contribution in [1.82, 2.24) is 14.7 Å². The monoisotopic (exact) mass is 395 g/mol. The lowest BCUT2D eigenvalue weighted by Gasteiger charge is -2.35. The molecule has 0 N–H and O–H groups in total. The Morgan fingerprint density at radius 1 is 1.29 bits per heavy atom. The van der Waals surface area contributed by atoms with Gasteiger partial charge in [-0.3, -0.25) is 4.68 Å². The first-order chi connectivity index (χ1) is 12.8. The Hall–Kier alpha value is -1.61. The molecule has 1 aromatic heterocycles. The van der Waals surface area contributed by atoms with E-state index in [1.165, 1.54) is 4.90 Å². The van der Waals surface area contributed by atoms with Gasteiger partial charge in [-0.05, 0) is 54.9 Å². The highest BCUT2D eigenvalue weighted by atomic mass is 19.1. The molecule has 3 heterocycles. The lowest BCUT2D eigenvalue weighted by Crippen LogP contribution is -2.47. The summed E-state index contributed by atoms with van der Waals surface area (Å²) in [5, 5.41) is 4.34. The van der Waals surface area contributed by atoms with E-state index < -0.39 is 42.2 Å². The summed E-state index contributed by atoms with van der Waals surface area (Å²) >= 11 is 0. The SMILES string of the molecule is CC(C)(C)OC(=O)N1CCC(n2cc(B3OC(C)(C)C(C)(C)O3)cn2)C(F)C1. The number of alkyl halides is 1. The second-order valence-corrected chi connectivity index (χ2v) is 9.64. The molecule has 0 radical (unpaired) electrons. The van der Waals surface area contributed by atoms with Gasteiger partial charge >= 0.3 is 13.2 Å². The maximum Gasteiger partial charge on any atom is 0.498 e. The van der Waals surface area contributed by atoms with Crippen LogP contribution >= 0.6 is 0 Å². The first-order valence-electron chi connectivity index (χ1n) is 9.81. The third-order valence-electron chi connectivity index (χ3n) is 5.65. The van der Waals surface area contributed by atoms with Crippen LogP contribution in [-0.2, 0) is 14.0 Å². The van der Waals surface area contributed by atoms with E-state index in [9.17, 15) is 9.18 Å². The molecule has 3 rings (SSSR count). The molecule has 0 bridgehead atoms. The number of rotatable bonds is 2. The summed E-state index contributed by atoms with van der Waals surface area (Å²) in [7, 11) is -0.529. The van der Waals surface area contributed by atoms with E-state index in [1.807, 2.05) is 27.7 Å². The third-order valence-corrected chi connectivity index (χ3v) is 5.65. The molecule has 9 heteroatoms. The van der Waals surface area contributed by atoms with Crippen LogP contribution in [0.25, 0.3) is 0 Å². The summed E-state index contributed by atoms with van der Waals surface area (Å²) in [6.07, 6.45) is 2.20. The van der Waals surface area contributed by atoms with Gasteiger partial charge in [0.05, 0.1) is 23.8 Å². The number of carbonyl (C=O) groups excluding carboxylic acids is 1. The van der Waals surface area contributed by atoms with Gasteiger partial charge in [-0.25, -0.2) is 9.18 Å². The van der Waals surface area contributed by atoms with Crippen LogP contribution in [0.4, 0.5) is 9.18 Å². The van der Waals surface area contributed by atoms with Crippen molar-refractivity contribution in [3.63, 3.8) is 0 Å². The Bertz CT molecular complexity index is 715. The van der Waals surface area contributed by atoms with E-state index in [-0.39, 0.29) is 6.54 Å². The van der Waals surface area contributed by atoms with Crippen LogP contribution in [0.5, 0.6) is 0 Å². The topological polar surface area (TPSA) is 65.8 Å². The lowest BCUT2D eigenvalue weighted by atomic mass is 9.82. The number of piperidine rings is 1. The second kappa shape index (κ2) is 7.02. The van der Waals surface area contributed by atoms with Gasteiger partial charge in [-0.2, -0.15) is 5.10 Å². The lowest BCUT2D eigenvalue weighted by molar-refractivity contribution is 0.00576. The summed E-state index contributed by atoms with van der Waals surface area (Å²) in [4.78, 5) is 13.6. The number of amides is 1. The molecule has 0 saturated carbocycles. The summed E-state index contributed by atoms with van der Waals surface area (Å²) in [5.41, 5.74) is -0.720. The number of likely N-dealkylation sites (tertiary alicyclic amines) is 1. The maximum atomic E-state index is 14.8. The fourth-order valence-corrected chi connectivity index (χ4v) is 3.32. The molecule has 156 valence electrons. The van der Waals surface area contributed by atoms with Crippen molar-refractivity contribution in [3.05, 3.63) is 12.4 Å². The van der Waals surface area contributed by atoms with E-state index in [2.05, 4.69) is 5.10 Å². The van der Waals surface area contributed by atoms with E-state index >= 15 is 0 Å². The quantitative estimate of drug-likeness (QED) is 0.721. The standard InChI is InChI=1S/C19H31BFN3O4/c1-17(2,3)26-16(25)23-9-8-15(14(21)12-23)24-11-13(10-22-24)20-27-18(4,5)19(6,7)28-20/h10-11,14-15H,8-9,12H2,1-7H3. The van der Waals surface area contributed by atoms with Gasteiger partial charge in [0.25, 0.3) is 0 Å². The molecule has 2 aliphatic heterocycles. The Balaban J connectivity index is 1.64. The number of nitrogens with zero attached hydrogens (tertiary/aromatic N) is 3. The zero-order chi connectivity index (χ0) is 20.9. The number of ether oxygens (including phenoxy) is 1. The molecule has 1 aromatic rings. The van der Waals surface area contributed by atoms with Crippen molar-refractivity contribution in [2.75, 3.05) is 13.1 Å². The molecular weight excluding hydrogens is 364 g/mol. The molecule has 0 aromatic carbocycles. The zero-order valence-electron chi connectivity index (χ0n) is 17.9. The van der Waals surface area contributed by atoms with Crippen molar-refractivity contribution >= 4 is 18.7 Å². The van der Waals surface area contributed by atoms with Crippen molar-refractivity contribution in [2.45, 2.75) is 83.9 Å². The molecule has 2 atom stereocenters. The number of aromatic nitrogens is 2. The largest absolute Gasteiger partial charge is 0.498 e. The number of hydrogen-bond acceptors (Lipinski definition) is 5. The van der Waals surface area contributed by atoms with Gasteiger partial charge in [-0.15, -0.1) is 0 Å². The number of hydrogen-bond donors (Lipinski definition) is 0. The Labute approximate surface area is 166 Å². The highest BCUT2D eigenvalue weighted by molar-refractivity contribution is 6.62. The van der Waals surface area contributed by atoms with Crippen LogP contribution in [0.1, 0.15) is 60.9 Å². The van der Waals surface area contributed by atoms with Gasteiger partial charge < -0.3 is 18.9 Å². The Morgan fingerprint density at radius 2 is 1.89 bits per heavy atom. The fraction of sp³-hybridized carbons (Fsp3) is 0.789. The minimum atomic E-state index is -1.23. The van der Waals surface area contributed by atoms with Crippen LogP contribution in [0.2, 0.25) is 0 Å². The van der Waals surface area contributed by atoms with Gasteiger partial charge in [0.15, 0.2) is 0 Å². The molecule has 0 spiro atoms. The molecule has 1 amide bonds. The summed E-state index contributed by atoms with van der Waals surface area (Å²) in [6, 6.07) is -0.435. The summed E-state index contributed by atoms with van der Waals surface area (Å²) in [5.74, 6) is 0. The van der Waals surface area contributed by atoms with Gasteiger partial charge in [0.1, 0.15) is 11.8 Å². The molecule has 2 fully saturated rings. The highest BCUT2D eigenvalue weighted by Crippen LogP contribution is 2.36. The highest BCUT2D eigenvalue weighted by Gasteiger charge is 2.52. The summed E-state index contributed by atoms with van der Waals surface area (Å²) in [6.45, 7) is 13.8. The van der Waals surface area contributed by atoms with Crippen molar-refractivity contribution < 1.29 is 23.2 Å². The molecular formula is C19H31BFN3O4. The van der Waals surface area contributed by atoms with Gasteiger partial charge in [0.2, 0.25) is 0 Å². The average molecular weight is 395 g/mol. The predicted molar refractivity (Wildman–Crippen MR) is 104 cm³/mol. The van der Waals surface area contributed by atoms with E-state index in [0.717, 1.165) is 5.46 Å². The zero-order valence-corrected chi connectivity index (χ0v) is 17.9. The van der Waals surface area contributed by atoms with Crippen LogP contribution in [0.3, 0.4) is 0 Å². The minimum Gasteiger partial charge on any atom is -0.444 e. The smallest absolute Gasteiger partial charge is 0.444 e. The molecule has 2 saturated heterocycles. The molecule has 2 unspecified atom stereocenters. The predicted octanol–water partition coefficient (Wildman–Crippen LogP) is 2.70. The van der Waals surface area contributed by atoms with Crippen LogP contribution in [-0.4, -0.2) is 64.0 Å². The van der Waals surface area contributed by atoms with Crippen molar-refractivity contribution in [2.24, 2.45) is 0 Å². The van der Waals surface area contributed by atoms with Gasteiger partial charge in [-0.1, -0.05) is 0 Å². The Morgan fingerprint density at radius 3 is 2.43 bits per heavy atom. The van der Waals surface area contributed by atoms with Crippen LogP contribution in [0, 0.1) is 0 Å². The minimum absolute atomic E-state index is 0.00867. The summed E-state index contributed by atoms with van der Waals surface area (Å²) < 4.78 is 33.9. The van der Waals surface area contributed by atoms with Crippen molar-refractivity contribution in [3.8, 4) is 0 Å². The van der Waals surface area contributed by atoms with Crippen LogP contribution < -0.4 is 5.46 Å². The molecule has 7 nitrogen and oxygen atoms in total. The Kier molecular flexibility index (Phi) is 5.29. The van der Waals surface area contributed by atoms with E-state index in [0.29, 0.717) is 13.0 Å². The average Bonchev–Trinajstić information content (AvgIpc) is 3.08. The van der Waals surface area contributed by atoms with E-state index in [4.69, 9.17) is 14.0 Å². The first-order valence-corrected chi connectivity index (χ1v) is 9.81. The number of halogens is 1. The van der Waals surface area contributed by atoms with E-state index in [1.54, 1.807) is 37.8 Å². The fourth-order valence-electron chi connectivity index (χ4n) is 3.32. The van der Waals surface area contributed by atoms with Gasteiger partial charge in [0, 0.05) is 24.4 Å². The maximum absolute atomic E-state index is 14.8. The molecule has 0 aliphatic carbocycles. The third kappa shape index (κ3) is 4.20. The second-order valence-electron chi connectivity index (χ2n) is 9.64. The normalized spacial score (nSPS) is 27.1. The molecule has 28 heavy (non-hydrogen) atoms. The number of carbonyl (C=O) groups is 1. The van der Waals surface area contributed by atoms with Crippen LogP contribution in [0.15, 0.2) is 12.4 Å². The molecule has 2 aliphatic rings.